The predicted molar refractivity (Wildman–Crippen MR) is 37.7 cm³/mol. The van der Waals surface area contributed by atoms with Crippen molar-refractivity contribution in [2.24, 2.45) is 0 Å². The molecule has 0 bridgehead atoms. The first-order valence-electron chi connectivity index (χ1n) is 3.23. The van der Waals surface area contributed by atoms with E-state index in [-0.39, 0.29) is 0 Å². The summed E-state index contributed by atoms with van der Waals surface area (Å²) in [4.78, 5) is 0. The van der Waals surface area contributed by atoms with Gasteiger partial charge in [0, 0.05) is 0 Å². The molecule has 0 aromatic heterocycles. The Morgan fingerprint density at radius 1 is 1.00 bits per heavy atom. The van der Waals surface area contributed by atoms with Gasteiger partial charge < -0.3 is 0 Å². The van der Waals surface area contributed by atoms with Crippen LogP contribution in [-0.4, -0.2) is 41.0 Å². The van der Waals surface area contributed by atoms with Crippen LogP contribution >= 0.6 is 0 Å². The minimum absolute atomic E-state index is 0.338. The number of rotatable bonds is 8. The Morgan fingerprint density at radius 2 is 1.45 bits per heavy atom. The van der Waals surface area contributed by atoms with Crippen LogP contribution in [0.25, 0.3) is 0 Å². The monoisotopic (exact) mass is 157 g/mol. The second kappa shape index (κ2) is 9.29. The summed E-state index contributed by atoms with van der Waals surface area (Å²) in [5.74, 6) is 0. The van der Waals surface area contributed by atoms with Crippen LogP contribution in [0.5, 0.6) is 0 Å². The average molecular weight is 157 g/mol. The summed E-state index contributed by atoms with van der Waals surface area (Å²) < 4.78 is 28.0. The number of nitrogens with one attached hydrogen (secondary N) is 1. The molecular weight excluding hydrogens is 148 g/mol. The minimum atomic E-state index is 0.338. The topological polar surface area (TPSA) is 64.6 Å². The van der Waals surface area contributed by atoms with Crippen LogP contribution in [0.2, 0.25) is 0 Å². The fourth-order valence-electron chi connectivity index (χ4n) is 0.483. The molecule has 0 atom stereocenters. The van der Waals surface area contributed by atoms with Crippen molar-refractivity contribution in [3.8, 4) is 0 Å². The van der Waals surface area contributed by atoms with Gasteiger partial charge in [0.15, 0.2) is 0 Å². The number of hydrogen-bond donors (Lipinski definition) is 1. The predicted octanol–water partition coefficient (Wildman–Crippen LogP) is -1.46. The maximum absolute atomic E-state index is 9.62. The summed E-state index contributed by atoms with van der Waals surface area (Å²) in [5.41, 5.74) is 0. The van der Waals surface area contributed by atoms with E-state index in [9.17, 15) is 9.41 Å². The summed E-state index contributed by atoms with van der Waals surface area (Å²) in [6.07, 6.45) is 0. The maximum atomic E-state index is 9.62. The Balaban J connectivity index is 2.79. The zero-order chi connectivity index (χ0) is 8.36. The SMILES string of the molecule is O=BOCCNCCOB=O. The average Bonchev–Trinajstić information content (AvgIpc) is 2.03. The molecule has 0 saturated heterocycles. The van der Waals surface area contributed by atoms with Crippen LogP contribution in [0, 0.1) is 0 Å². The molecule has 0 aromatic rings. The van der Waals surface area contributed by atoms with Crippen LogP contribution in [0.4, 0.5) is 0 Å². The van der Waals surface area contributed by atoms with Crippen LogP contribution in [-0.2, 0) is 18.7 Å². The van der Waals surface area contributed by atoms with Gasteiger partial charge in [0.2, 0.25) is 0 Å². The first-order valence-corrected chi connectivity index (χ1v) is 3.23. The standard InChI is InChI=1S/C4H9B2NO4/c8-5-10-3-1-7-2-4-11-6-9/h7H,1-4H2. The van der Waals surface area contributed by atoms with Crippen LogP contribution in [0.3, 0.4) is 0 Å². The van der Waals surface area contributed by atoms with Crippen LogP contribution in [0.15, 0.2) is 0 Å². The Labute approximate surface area is 66.0 Å². The molecule has 0 heterocycles. The third-order valence-corrected chi connectivity index (χ3v) is 0.929. The molecule has 0 amide bonds. The van der Waals surface area contributed by atoms with Gasteiger partial charge in [-0.3, -0.25) is 0 Å². The summed E-state index contributed by atoms with van der Waals surface area (Å²) in [5, 5.41) is 2.89. The molecule has 11 heavy (non-hydrogen) atoms. The van der Waals surface area contributed by atoms with Crippen molar-refractivity contribution in [1.82, 2.24) is 5.32 Å². The van der Waals surface area contributed by atoms with Crippen molar-refractivity contribution in [3.63, 3.8) is 0 Å². The molecule has 0 fully saturated rings. The summed E-state index contributed by atoms with van der Waals surface area (Å²) >= 11 is 0. The van der Waals surface area contributed by atoms with E-state index in [0.29, 0.717) is 41.0 Å². The normalized spacial score (nSPS) is 8.00. The van der Waals surface area contributed by atoms with E-state index >= 15 is 0 Å². The van der Waals surface area contributed by atoms with Gasteiger partial charge in [0.25, 0.3) is 0 Å². The molecule has 0 spiro atoms. The fourth-order valence-corrected chi connectivity index (χ4v) is 0.483. The summed E-state index contributed by atoms with van der Waals surface area (Å²) in [7, 11) is 0.785. The zero-order valence-corrected chi connectivity index (χ0v) is 6.12. The van der Waals surface area contributed by atoms with Gasteiger partial charge in [-0.25, -0.2) is 0 Å². The number of hydrogen-bond acceptors (Lipinski definition) is 5. The van der Waals surface area contributed by atoms with Gasteiger partial charge in [-0.05, 0) is 0 Å². The van der Waals surface area contributed by atoms with E-state index in [1.54, 1.807) is 0 Å². The van der Waals surface area contributed by atoms with Crippen LogP contribution in [0.1, 0.15) is 0 Å². The zero-order valence-electron chi connectivity index (χ0n) is 6.12. The molecular formula is C4H9B2NO4. The van der Waals surface area contributed by atoms with Crippen molar-refractivity contribution < 1.29 is 18.7 Å². The first-order chi connectivity index (χ1) is 5.41. The van der Waals surface area contributed by atoms with E-state index < -0.39 is 0 Å². The third kappa shape index (κ3) is 9.29. The van der Waals surface area contributed by atoms with Crippen LogP contribution < -0.4 is 5.32 Å². The van der Waals surface area contributed by atoms with Gasteiger partial charge in [0.1, 0.15) is 0 Å². The first kappa shape index (κ1) is 10.3. The molecule has 1 N–H and O–H groups in total. The molecule has 60 valence electrons. The summed E-state index contributed by atoms with van der Waals surface area (Å²) in [6, 6.07) is 0. The molecule has 0 aliphatic rings. The van der Waals surface area contributed by atoms with Crippen molar-refractivity contribution in [3.05, 3.63) is 0 Å². The summed E-state index contributed by atoms with van der Waals surface area (Å²) in [6.45, 7) is 1.82. The van der Waals surface area contributed by atoms with E-state index in [2.05, 4.69) is 14.6 Å². The van der Waals surface area contributed by atoms with E-state index in [4.69, 9.17) is 0 Å². The molecule has 0 saturated carbocycles. The molecule has 0 aromatic carbocycles. The van der Waals surface area contributed by atoms with Gasteiger partial charge in [-0.1, -0.05) is 0 Å². The third-order valence-electron chi connectivity index (χ3n) is 0.929. The van der Waals surface area contributed by atoms with E-state index in [1.807, 2.05) is 0 Å². The molecule has 0 radical (unpaired) electrons. The van der Waals surface area contributed by atoms with Crippen molar-refractivity contribution >= 4 is 14.7 Å². The van der Waals surface area contributed by atoms with E-state index in [0.717, 1.165) is 0 Å². The van der Waals surface area contributed by atoms with E-state index in [1.165, 1.54) is 0 Å². The van der Waals surface area contributed by atoms with Gasteiger partial charge >= 0.3 is 65.0 Å². The Kier molecular flexibility index (Phi) is 8.69. The van der Waals surface area contributed by atoms with Gasteiger partial charge in [-0.15, -0.1) is 0 Å². The molecule has 0 rings (SSSR count). The molecule has 0 aliphatic heterocycles. The fraction of sp³-hybridized carbons (Fsp3) is 1.00. The molecule has 7 heteroatoms. The quantitative estimate of drug-likeness (QED) is 0.344. The molecule has 0 unspecified atom stereocenters. The second-order valence-corrected chi connectivity index (χ2v) is 1.68. The Morgan fingerprint density at radius 3 is 1.82 bits per heavy atom. The molecule has 5 nitrogen and oxygen atoms in total. The molecule has 0 aliphatic carbocycles. The Hall–Kier alpha value is -0.710. The van der Waals surface area contributed by atoms with Crippen molar-refractivity contribution in [1.29, 1.82) is 0 Å². The van der Waals surface area contributed by atoms with Gasteiger partial charge in [0.05, 0.1) is 0 Å². The van der Waals surface area contributed by atoms with Crippen molar-refractivity contribution in [2.45, 2.75) is 0 Å². The van der Waals surface area contributed by atoms with Gasteiger partial charge in [-0.2, -0.15) is 0 Å². The second-order valence-electron chi connectivity index (χ2n) is 1.68. The Bertz CT molecular complexity index is 100. The van der Waals surface area contributed by atoms with Crippen molar-refractivity contribution in [2.75, 3.05) is 26.3 Å².